The molecule has 6 heteroatoms. The Morgan fingerprint density at radius 3 is 2.23 bits per heavy atom. The zero-order valence-corrected chi connectivity index (χ0v) is 19.3. The second-order valence-electron chi connectivity index (χ2n) is 8.51. The highest BCUT2D eigenvalue weighted by atomic mass is 16.5. The number of benzene rings is 2. The van der Waals surface area contributed by atoms with Crippen LogP contribution < -0.4 is 24.6 Å². The molecule has 1 fully saturated rings. The smallest absolute Gasteiger partial charge is 0.275 e. The number of carbonyl (C=O) groups is 1. The molecule has 3 N–H and O–H groups in total. The summed E-state index contributed by atoms with van der Waals surface area (Å²) in [7, 11) is 3.35. The Labute approximate surface area is 186 Å². The Bertz CT molecular complexity index is 876. The maximum atomic E-state index is 12.4. The largest absolute Gasteiger partial charge is 0.493 e. The number of aryl methyl sites for hydroxylation is 2. The molecule has 0 radical (unpaired) electrons. The molecular formula is C25H37N3O3+2. The van der Waals surface area contributed by atoms with Crippen molar-refractivity contribution in [3.63, 3.8) is 0 Å². The minimum atomic E-state index is 0.155. The molecule has 0 aliphatic carbocycles. The lowest BCUT2D eigenvalue weighted by molar-refractivity contribution is -1.02. The molecule has 1 heterocycles. The second-order valence-corrected chi connectivity index (χ2v) is 8.51. The molecule has 0 saturated carbocycles. The summed E-state index contributed by atoms with van der Waals surface area (Å²) in [5.41, 5.74) is 5.11. The van der Waals surface area contributed by atoms with Gasteiger partial charge in [0.15, 0.2) is 18.0 Å². The van der Waals surface area contributed by atoms with Crippen molar-refractivity contribution in [2.75, 3.05) is 53.5 Å². The van der Waals surface area contributed by atoms with Gasteiger partial charge in [-0.2, -0.15) is 0 Å². The molecule has 2 aromatic carbocycles. The van der Waals surface area contributed by atoms with Crippen LogP contribution in [0, 0.1) is 13.8 Å². The Morgan fingerprint density at radius 1 is 0.903 bits per heavy atom. The Morgan fingerprint density at radius 2 is 1.55 bits per heavy atom. The fourth-order valence-electron chi connectivity index (χ4n) is 4.31. The predicted octanol–water partition coefficient (Wildman–Crippen LogP) is -0.0371. The van der Waals surface area contributed by atoms with Crippen LogP contribution in [0.25, 0.3) is 0 Å². The molecular weight excluding hydrogens is 390 g/mol. The number of methoxy groups -OCH3 is 2. The van der Waals surface area contributed by atoms with Crippen LogP contribution in [0.1, 0.15) is 22.3 Å². The van der Waals surface area contributed by atoms with Crippen LogP contribution in [0.3, 0.4) is 0 Å². The molecule has 31 heavy (non-hydrogen) atoms. The van der Waals surface area contributed by atoms with Gasteiger partial charge in [-0.1, -0.05) is 24.3 Å². The van der Waals surface area contributed by atoms with Crippen LogP contribution in [-0.4, -0.2) is 59.4 Å². The van der Waals surface area contributed by atoms with Crippen molar-refractivity contribution in [1.82, 2.24) is 5.32 Å². The van der Waals surface area contributed by atoms with Gasteiger partial charge in [0.05, 0.1) is 14.2 Å². The average Bonchev–Trinajstić information content (AvgIpc) is 2.77. The minimum Gasteiger partial charge on any atom is -0.493 e. The molecule has 1 aliphatic heterocycles. The van der Waals surface area contributed by atoms with E-state index in [4.69, 9.17) is 9.47 Å². The molecule has 1 amide bonds. The molecule has 168 valence electrons. The summed E-state index contributed by atoms with van der Waals surface area (Å²) in [5.74, 6) is 1.72. The molecule has 3 rings (SSSR count). The van der Waals surface area contributed by atoms with E-state index in [1.165, 1.54) is 27.2 Å². The fourth-order valence-corrected chi connectivity index (χ4v) is 4.31. The summed E-state index contributed by atoms with van der Waals surface area (Å²) >= 11 is 0. The van der Waals surface area contributed by atoms with Gasteiger partial charge in [-0.25, -0.2) is 0 Å². The number of piperazine rings is 1. The highest BCUT2D eigenvalue weighted by Gasteiger charge is 2.25. The van der Waals surface area contributed by atoms with E-state index >= 15 is 0 Å². The summed E-state index contributed by atoms with van der Waals surface area (Å²) in [5, 5.41) is 3.10. The van der Waals surface area contributed by atoms with Gasteiger partial charge >= 0.3 is 0 Å². The van der Waals surface area contributed by atoms with E-state index in [-0.39, 0.29) is 5.91 Å². The van der Waals surface area contributed by atoms with Crippen molar-refractivity contribution in [2.45, 2.75) is 26.8 Å². The van der Waals surface area contributed by atoms with Crippen molar-refractivity contribution >= 4 is 5.91 Å². The lowest BCUT2D eigenvalue weighted by Gasteiger charge is -2.29. The van der Waals surface area contributed by atoms with E-state index in [0.717, 1.165) is 50.6 Å². The quantitative estimate of drug-likeness (QED) is 0.527. The Balaban J connectivity index is 1.41. The molecule has 6 nitrogen and oxygen atoms in total. The third kappa shape index (κ3) is 6.45. The standard InChI is InChI=1S/C25H35N3O3/c1-19-7-5-6-8-21(19)9-10-26-25(29)18-28-13-11-27(12-14-28)17-22-16-24(31-4)23(30-3)15-20(22)2/h5-8,15-16H,9-14,17-18H2,1-4H3,(H,26,29)/p+2. The molecule has 0 unspecified atom stereocenters. The Hall–Kier alpha value is -2.57. The van der Waals surface area contributed by atoms with Gasteiger partial charge in [0.1, 0.15) is 32.7 Å². The number of hydrogen-bond donors (Lipinski definition) is 3. The number of quaternary nitrogens is 2. The van der Waals surface area contributed by atoms with E-state index in [0.29, 0.717) is 13.1 Å². The second kappa shape index (κ2) is 11.2. The predicted molar refractivity (Wildman–Crippen MR) is 122 cm³/mol. The molecule has 1 saturated heterocycles. The molecule has 0 spiro atoms. The van der Waals surface area contributed by atoms with Crippen molar-refractivity contribution in [2.24, 2.45) is 0 Å². The van der Waals surface area contributed by atoms with Crippen molar-refractivity contribution < 1.29 is 24.1 Å². The average molecular weight is 428 g/mol. The first-order chi connectivity index (χ1) is 15.0. The zero-order valence-electron chi connectivity index (χ0n) is 19.3. The van der Waals surface area contributed by atoms with E-state index in [9.17, 15) is 4.79 Å². The first-order valence-corrected chi connectivity index (χ1v) is 11.2. The Kier molecular flexibility index (Phi) is 8.32. The van der Waals surface area contributed by atoms with Gasteiger partial charge in [-0.3, -0.25) is 4.79 Å². The first-order valence-electron chi connectivity index (χ1n) is 11.2. The van der Waals surface area contributed by atoms with Crippen molar-refractivity contribution in [3.8, 4) is 11.5 Å². The van der Waals surface area contributed by atoms with Crippen LogP contribution >= 0.6 is 0 Å². The fraction of sp³-hybridized carbons (Fsp3) is 0.480. The van der Waals surface area contributed by atoms with Crippen LogP contribution in [-0.2, 0) is 17.8 Å². The molecule has 0 aromatic heterocycles. The molecule has 0 bridgehead atoms. The number of ether oxygens (including phenoxy) is 2. The first kappa shape index (κ1) is 23.1. The highest BCUT2D eigenvalue weighted by Crippen LogP contribution is 2.29. The monoisotopic (exact) mass is 427 g/mol. The van der Waals surface area contributed by atoms with Gasteiger partial charge in [0.25, 0.3) is 5.91 Å². The number of carbonyl (C=O) groups excluding carboxylic acids is 1. The van der Waals surface area contributed by atoms with E-state index in [2.05, 4.69) is 55.6 Å². The zero-order chi connectivity index (χ0) is 22.2. The summed E-state index contributed by atoms with van der Waals surface area (Å²) in [4.78, 5) is 15.3. The third-order valence-corrected chi connectivity index (χ3v) is 6.34. The normalized spacial score (nSPS) is 18.5. The SMILES string of the molecule is COc1cc(C)c(C[NH+]2CC[NH+](CC(=O)NCCc3ccccc3C)CC2)cc1OC. The lowest BCUT2D eigenvalue weighted by Crippen LogP contribution is -3.28. The number of amides is 1. The van der Waals surface area contributed by atoms with Crippen LogP contribution in [0.2, 0.25) is 0 Å². The molecule has 1 aliphatic rings. The summed E-state index contributed by atoms with van der Waals surface area (Å²) < 4.78 is 10.9. The topological polar surface area (TPSA) is 56.4 Å². The van der Waals surface area contributed by atoms with E-state index < -0.39 is 0 Å². The minimum absolute atomic E-state index is 0.155. The van der Waals surface area contributed by atoms with Gasteiger partial charge in [-0.15, -0.1) is 0 Å². The van der Waals surface area contributed by atoms with Gasteiger partial charge < -0.3 is 24.6 Å². The summed E-state index contributed by atoms with van der Waals surface area (Å²) in [6.07, 6.45) is 0.885. The van der Waals surface area contributed by atoms with Crippen molar-refractivity contribution in [3.05, 3.63) is 58.7 Å². The van der Waals surface area contributed by atoms with Gasteiger partial charge in [0.2, 0.25) is 0 Å². The van der Waals surface area contributed by atoms with E-state index in [1.54, 1.807) is 19.1 Å². The third-order valence-electron chi connectivity index (χ3n) is 6.34. The van der Waals surface area contributed by atoms with Crippen molar-refractivity contribution in [1.29, 1.82) is 0 Å². The highest BCUT2D eigenvalue weighted by molar-refractivity contribution is 5.76. The molecule has 0 atom stereocenters. The lowest BCUT2D eigenvalue weighted by atomic mass is 10.1. The summed E-state index contributed by atoms with van der Waals surface area (Å²) in [6.45, 7) is 10.7. The summed E-state index contributed by atoms with van der Waals surface area (Å²) in [6, 6.07) is 12.5. The molecule has 2 aromatic rings. The van der Waals surface area contributed by atoms with Crippen LogP contribution in [0.4, 0.5) is 0 Å². The van der Waals surface area contributed by atoms with E-state index in [1.807, 2.05) is 0 Å². The number of nitrogens with one attached hydrogen (secondary N) is 3. The van der Waals surface area contributed by atoms with Gasteiger partial charge in [-0.05, 0) is 49.1 Å². The maximum Gasteiger partial charge on any atom is 0.275 e. The van der Waals surface area contributed by atoms with Crippen LogP contribution in [0.15, 0.2) is 36.4 Å². The number of hydrogen-bond acceptors (Lipinski definition) is 3. The number of rotatable bonds is 9. The maximum absolute atomic E-state index is 12.4. The van der Waals surface area contributed by atoms with Crippen LogP contribution in [0.5, 0.6) is 11.5 Å². The van der Waals surface area contributed by atoms with Gasteiger partial charge in [0, 0.05) is 12.1 Å².